The van der Waals surface area contributed by atoms with Gasteiger partial charge in [0, 0.05) is 91.7 Å². The van der Waals surface area contributed by atoms with E-state index in [1.807, 2.05) is 18.2 Å². The van der Waals surface area contributed by atoms with E-state index < -0.39 is 143 Å². The number of hydrogen-bond acceptors (Lipinski definition) is 20. The van der Waals surface area contributed by atoms with Gasteiger partial charge in [-0.25, -0.2) is 59.2 Å². The van der Waals surface area contributed by atoms with Gasteiger partial charge in [-0.15, -0.1) is 0 Å². The number of aliphatic hydroxyl groups is 1. The highest BCUT2D eigenvalue weighted by atomic mass is 32.2. The molecule has 0 spiro atoms. The number of halogens is 9. The van der Waals surface area contributed by atoms with Crippen molar-refractivity contribution in [3.8, 4) is 18.2 Å². The Morgan fingerprint density at radius 1 is 0.531 bits per heavy atom. The third-order valence-corrected chi connectivity index (χ3v) is 23.5. The molecule has 3 atom stereocenters. The molecule has 590 valence electrons. The predicted molar refractivity (Wildman–Crippen MR) is 379 cm³/mol. The van der Waals surface area contributed by atoms with Gasteiger partial charge >= 0.3 is 42.7 Å². The maximum Gasteiger partial charge on any atom is 0.433 e. The first-order valence-electron chi connectivity index (χ1n) is 34.1. The monoisotopic (exact) mass is 1630 g/mol. The molecule has 0 fully saturated rings. The number of pyridine rings is 2. The molecule has 9 amide bonds. The lowest BCUT2D eigenvalue weighted by Gasteiger charge is -2.41. The maximum absolute atomic E-state index is 13.9. The lowest BCUT2D eigenvalue weighted by Crippen LogP contribution is -2.55. The molecule has 3 unspecified atom stereocenters. The summed E-state index contributed by atoms with van der Waals surface area (Å²) in [5.74, 6) is -3.57. The summed E-state index contributed by atoms with van der Waals surface area (Å²) < 4.78 is 198. The second kappa shape index (κ2) is 32.0. The Balaban J connectivity index is 0.000000180. The van der Waals surface area contributed by atoms with Gasteiger partial charge in [-0.05, 0) is 128 Å². The largest absolute Gasteiger partial charge is 0.433 e. The van der Waals surface area contributed by atoms with Gasteiger partial charge in [-0.2, -0.15) is 55.3 Å². The summed E-state index contributed by atoms with van der Waals surface area (Å²) in [6.07, 6.45) is -11.7. The van der Waals surface area contributed by atoms with Crippen molar-refractivity contribution in [2.24, 2.45) is 0 Å². The molecular formula is C74H63F9N12O15S3. The second-order valence-corrected chi connectivity index (χ2v) is 32.2. The Morgan fingerprint density at radius 2 is 0.982 bits per heavy atom. The van der Waals surface area contributed by atoms with Crippen LogP contribution in [0.5, 0.6) is 0 Å². The van der Waals surface area contributed by atoms with Crippen molar-refractivity contribution in [2.45, 2.75) is 123 Å². The number of carbonyl (C=O) groups excluding carboxylic acids is 8. The average Bonchev–Trinajstić information content (AvgIpc) is 1.39. The number of sulfone groups is 3. The van der Waals surface area contributed by atoms with E-state index in [1.165, 1.54) is 56.4 Å². The van der Waals surface area contributed by atoms with E-state index in [9.17, 15) is 124 Å². The summed E-state index contributed by atoms with van der Waals surface area (Å²) in [5.41, 5.74) is -3.51. The van der Waals surface area contributed by atoms with Crippen LogP contribution in [0, 0.1) is 34.0 Å². The maximum atomic E-state index is 13.9. The van der Waals surface area contributed by atoms with Crippen molar-refractivity contribution in [1.29, 1.82) is 15.8 Å². The van der Waals surface area contributed by atoms with E-state index in [1.54, 1.807) is 13.8 Å². The molecule has 0 saturated heterocycles. The van der Waals surface area contributed by atoms with Gasteiger partial charge < -0.3 is 15.3 Å². The molecule has 12 rings (SSSR count). The van der Waals surface area contributed by atoms with Crippen molar-refractivity contribution in [1.82, 2.24) is 30.0 Å². The first kappa shape index (κ1) is 83.5. The number of anilines is 3. The fraction of sp³-hybridized carbons (Fsp3) is 0.311. The molecule has 0 bridgehead atoms. The lowest BCUT2D eigenvalue weighted by molar-refractivity contribution is -0.141. The highest BCUT2D eigenvalue weighted by molar-refractivity contribution is 7.92. The molecule has 113 heavy (non-hydrogen) atoms. The molecule has 4 aromatic carbocycles. The van der Waals surface area contributed by atoms with Gasteiger partial charge in [0.05, 0.1) is 102 Å². The van der Waals surface area contributed by atoms with Crippen LogP contribution in [0.15, 0.2) is 164 Å². The molecule has 5 heterocycles. The zero-order chi connectivity index (χ0) is 83.1. The molecule has 39 heteroatoms. The SMILES string of the molecule is CCCC(=O)N1C(=O)N(c2cc(C(F)(F)F)ccn2)C2=C(C(=O)CC2)C1c1ccc(C#N)cc1S(C)(=O)=O.CCNC(=O)N1C(=O)N(c2ccnc(C(F)(F)F)c2)C2=C(C(=O)CC2)C1c1ccc(C#N)cc1S(=O)(=O)CC.CN1C(=O)N(c2cccc(C(F)(F)F)c2)C2=C(C(=O)CC2)C1c1ccc(C#N)cc1S(=O)(=O)CCO. The summed E-state index contributed by atoms with van der Waals surface area (Å²) in [7, 11) is -10.8. The third-order valence-electron chi connectivity index (χ3n) is 18.8. The number of nitrogens with zero attached hydrogens (tertiary/aromatic N) is 11. The Hall–Kier alpha value is -12.0. The van der Waals surface area contributed by atoms with Crippen LogP contribution in [-0.2, 0) is 67.2 Å². The minimum absolute atomic E-state index is 0.00233. The van der Waals surface area contributed by atoms with Crippen LogP contribution in [0.4, 0.5) is 75.9 Å². The van der Waals surface area contributed by atoms with Crippen LogP contribution >= 0.6 is 0 Å². The highest BCUT2D eigenvalue weighted by Gasteiger charge is 2.53. The molecule has 3 aliphatic heterocycles. The fourth-order valence-electron chi connectivity index (χ4n) is 13.9. The van der Waals surface area contributed by atoms with Gasteiger partial charge in [-0.1, -0.05) is 38.1 Å². The number of nitrogens with one attached hydrogen (secondary N) is 1. The number of Topliss-reactive ketones (excluding diaryl/α,β-unsaturated/α-hetero) is 3. The van der Waals surface area contributed by atoms with Crippen molar-refractivity contribution < 1.29 is 108 Å². The number of carbonyl (C=O) groups is 8. The minimum Gasteiger partial charge on any atom is -0.395 e. The molecule has 2 aromatic heterocycles. The topological polar surface area (TPSA) is 388 Å². The van der Waals surface area contributed by atoms with Crippen molar-refractivity contribution >= 4 is 94.1 Å². The van der Waals surface area contributed by atoms with Crippen LogP contribution in [0.3, 0.4) is 0 Å². The van der Waals surface area contributed by atoms with Gasteiger partial charge in [0.1, 0.15) is 17.6 Å². The predicted octanol–water partition coefficient (Wildman–Crippen LogP) is 12.0. The van der Waals surface area contributed by atoms with Crippen LogP contribution in [0.2, 0.25) is 0 Å². The normalized spacial score (nSPS) is 18.1. The van der Waals surface area contributed by atoms with E-state index in [4.69, 9.17) is 0 Å². The average molecular weight is 1630 g/mol. The number of ketones is 3. The second-order valence-electron chi connectivity index (χ2n) is 25.9. The smallest absolute Gasteiger partial charge is 0.395 e. The van der Waals surface area contributed by atoms with Crippen molar-refractivity contribution in [3.63, 3.8) is 0 Å². The number of allylic oxidation sites excluding steroid dienone is 3. The third kappa shape index (κ3) is 16.3. The standard InChI is InChI=1S/C25H22F3N5O5S.C25H21F3N4O5S.C24H20F3N3O5S/c1-3-30-23(35)33-22(16-6-5-14(13-29)11-19(16)39(37,38)4-2)21-17(7-8-18(21)34)32(24(33)36)15-9-10-31-20(12-15)25(26,27)28;1-3-4-21(34)32-23(16-6-5-14(13-29)11-19(16)38(2,36)37)22-17(7-8-18(22)33)31(24(32)35)20-12-15(9-10-30-20)25(26,27)28;1-29-22(17-6-5-14(13-28)11-20(17)36(34,35)10-9-31)21-18(7-8-19(21)32)30(23(29)33)16-4-2-3-15(12-16)24(25,26)27/h5-6,9-12,22H,3-4,7-8H2,1-2H3,(H,30,35);5-6,9-12,23H,3-4,7-8H2,1-2H3;2-6,11-12,22,31H,7-10H2,1H3. The van der Waals surface area contributed by atoms with Crippen LogP contribution in [0.25, 0.3) is 0 Å². The van der Waals surface area contributed by atoms with Crippen LogP contribution in [-0.4, -0.2) is 140 Å². The summed E-state index contributed by atoms with van der Waals surface area (Å²) in [4.78, 5) is 119. The molecule has 0 saturated carbocycles. The highest BCUT2D eigenvalue weighted by Crippen LogP contribution is 2.51. The number of rotatable bonds is 15. The molecule has 6 aliphatic rings. The number of benzene rings is 4. The van der Waals surface area contributed by atoms with Gasteiger partial charge in [0.25, 0.3) is 0 Å². The number of aromatic nitrogens is 2. The number of aliphatic hydroxyl groups excluding tert-OH is 1. The van der Waals surface area contributed by atoms with E-state index >= 15 is 0 Å². The number of amides is 9. The molecule has 0 radical (unpaired) electrons. The summed E-state index contributed by atoms with van der Waals surface area (Å²) in [6.45, 7) is 3.98. The Labute approximate surface area is 638 Å². The van der Waals surface area contributed by atoms with Gasteiger partial charge in [0.2, 0.25) is 5.91 Å². The van der Waals surface area contributed by atoms with Crippen molar-refractivity contribution in [3.05, 3.63) is 200 Å². The van der Waals surface area contributed by atoms with Crippen molar-refractivity contribution in [2.75, 3.05) is 52.7 Å². The summed E-state index contributed by atoms with van der Waals surface area (Å²) in [6, 6.07) is 16.0. The van der Waals surface area contributed by atoms with Gasteiger partial charge in [0.15, 0.2) is 46.9 Å². The number of urea groups is 4. The van der Waals surface area contributed by atoms with Crippen LogP contribution in [0.1, 0.15) is 140 Å². The molecule has 2 N–H and O–H groups in total. The first-order chi connectivity index (χ1) is 53.0. The number of hydrogen-bond donors (Lipinski definition) is 2. The zero-order valence-corrected chi connectivity index (χ0v) is 62.3. The number of likely N-dealkylation sites (N-methyl/N-ethyl adjacent to an activating group) is 1. The zero-order valence-electron chi connectivity index (χ0n) is 59.9. The molecule has 3 aliphatic carbocycles. The van der Waals surface area contributed by atoms with E-state index in [0.717, 1.165) is 86.8 Å². The van der Waals surface area contributed by atoms with E-state index in [0.29, 0.717) is 28.4 Å². The first-order valence-corrected chi connectivity index (χ1v) is 39.3. The number of alkyl halides is 9. The van der Waals surface area contributed by atoms with Gasteiger partial charge in [-0.3, -0.25) is 38.9 Å². The number of nitriles is 3. The molecular weight excluding hydrogens is 1560 g/mol. The summed E-state index contributed by atoms with van der Waals surface area (Å²) >= 11 is 0. The number of imide groups is 2. The molecule has 6 aromatic rings. The minimum atomic E-state index is -4.83. The fourth-order valence-corrected chi connectivity index (χ4v) is 17.3. The Morgan fingerprint density at radius 3 is 1.47 bits per heavy atom. The quantitative estimate of drug-likeness (QED) is 0.0902. The summed E-state index contributed by atoms with van der Waals surface area (Å²) in [5, 5.41) is 39.6. The van der Waals surface area contributed by atoms with E-state index in [-0.39, 0.29) is 156 Å². The van der Waals surface area contributed by atoms with E-state index in [2.05, 4.69) is 15.3 Å². The molecule has 27 nitrogen and oxygen atoms in total. The van der Waals surface area contributed by atoms with Crippen LogP contribution < -0.4 is 20.0 Å². The lowest BCUT2D eigenvalue weighted by atomic mass is 9.92. The Kier molecular flexibility index (Phi) is 23.6. The Bertz CT molecular complexity index is 5630.